The normalized spacial score (nSPS) is 18.6. The van der Waals surface area contributed by atoms with Gasteiger partial charge >= 0.3 is 0 Å². The molecule has 5 heteroatoms. The number of rotatable bonds is 4. The first-order valence-electron chi connectivity index (χ1n) is 8.91. The zero-order valence-electron chi connectivity index (χ0n) is 14.3. The van der Waals surface area contributed by atoms with Crippen molar-refractivity contribution in [2.24, 2.45) is 0 Å². The van der Waals surface area contributed by atoms with Gasteiger partial charge in [0.25, 0.3) is 0 Å². The highest BCUT2D eigenvalue weighted by atomic mass is 35.5. The van der Waals surface area contributed by atoms with Crippen LogP contribution in [0.1, 0.15) is 11.1 Å². The number of hydrogen-bond acceptors (Lipinski definition) is 3. The van der Waals surface area contributed by atoms with E-state index in [0.717, 1.165) is 58.0 Å². The average Bonchev–Trinajstić information content (AvgIpc) is 3.06. The van der Waals surface area contributed by atoms with Crippen LogP contribution in [0.3, 0.4) is 0 Å². The Morgan fingerprint density at radius 2 is 1.36 bits per heavy atom. The summed E-state index contributed by atoms with van der Waals surface area (Å²) in [4.78, 5) is 7.44. The van der Waals surface area contributed by atoms with Crippen LogP contribution in [0.25, 0.3) is 0 Å². The van der Waals surface area contributed by atoms with Crippen molar-refractivity contribution in [2.45, 2.75) is 13.1 Å². The molecule has 0 atom stereocenters. The van der Waals surface area contributed by atoms with E-state index in [1.54, 1.807) is 0 Å². The standard InChI is InChI=1S/C20H23Cl2N3/c21-18-6-3-7-19(20(18)22)25-12-10-23(11-13-25)8-9-24-14-16-4-1-2-5-17(16)15-24/h1-7H,8-15H2. The highest BCUT2D eigenvalue weighted by molar-refractivity contribution is 6.43. The summed E-state index contributed by atoms with van der Waals surface area (Å²) in [6.45, 7) is 8.59. The van der Waals surface area contributed by atoms with Crippen molar-refractivity contribution in [2.75, 3.05) is 44.2 Å². The van der Waals surface area contributed by atoms with Gasteiger partial charge in [0.1, 0.15) is 0 Å². The molecule has 0 amide bonds. The Bertz CT molecular complexity index is 716. The smallest absolute Gasteiger partial charge is 0.0825 e. The number of halogens is 2. The Kier molecular flexibility index (Phi) is 5.18. The second-order valence-corrected chi connectivity index (χ2v) is 7.67. The summed E-state index contributed by atoms with van der Waals surface area (Å²) in [5.41, 5.74) is 4.04. The second-order valence-electron chi connectivity index (χ2n) is 6.88. The number of fused-ring (bicyclic) bond motifs is 1. The number of hydrogen-bond donors (Lipinski definition) is 0. The third-order valence-corrected chi connectivity index (χ3v) is 6.09. The molecule has 0 aliphatic carbocycles. The molecule has 2 aliphatic heterocycles. The summed E-state index contributed by atoms with van der Waals surface area (Å²) in [6, 6.07) is 14.7. The maximum atomic E-state index is 6.36. The lowest BCUT2D eigenvalue weighted by Gasteiger charge is -2.37. The van der Waals surface area contributed by atoms with Crippen LogP contribution in [-0.2, 0) is 13.1 Å². The minimum atomic E-state index is 0.634. The minimum absolute atomic E-state index is 0.634. The van der Waals surface area contributed by atoms with E-state index in [4.69, 9.17) is 23.2 Å². The molecule has 4 rings (SSSR count). The summed E-state index contributed by atoms with van der Waals surface area (Å²) in [5, 5.41) is 1.31. The van der Waals surface area contributed by atoms with E-state index in [-0.39, 0.29) is 0 Å². The summed E-state index contributed by atoms with van der Waals surface area (Å²) >= 11 is 12.5. The van der Waals surface area contributed by atoms with Crippen LogP contribution in [0.4, 0.5) is 5.69 Å². The molecule has 1 fully saturated rings. The molecule has 0 radical (unpaired) electrons. The fraction of sp³-hybridized carbons (Fsp3) is 0.400. The molecule has 0 N–H and O–H groups in total. The molecule has 0 saturated carbocycles. The van der Waals surface area contributed by atoms with Crippen LogP contribution in [0.2, 0.25) is 10.0 Å². The zero-order chi connectivity index (χ0) is 17.2. The molecule has 2 aromatic rings. The van der Waals surface area contributed by atoms with Crippen LogP contribution in [0.5, 0.6) is 0 Å². The van der Waals surface area contributed by atoms with Crippen LogP contribution < -0.4 is 4.90 Å². The van der Waals surface area contributed by atoms with Gasteiger partial charge in [0, 0.05) is 52.4 Å². The van der Waals surface area contributed by atoms with E-state index in [1.165, 1.54) is 11.1 Å². The Hall–Kier alpha value is -1.26. The largest absolute Gasteiger partial charge is 0.368 e. The Morgan fingerprint density at radius 3 is 2.04 bits per heavy atom. The highest BCUT2D eigenvalue weighted by Crippen LogP contribution is 2.32. The molecule has 0 bridgehead atoms. The summed E-state index contributed by atoms with van der Waals surface area (Å²) in [6.07, 6.45) is 0. The molecule has 25 heavy (non-hydrogen) atoms. The molecule has 2 heterocycles. The van der Waals surface area contributed by atoms with Gasteiger partial charge in [-0.3, -0.25) is 9.80 Å². The van der Waals surface area contributed by atoms with Crippen LogP contribution in [-0.4, -0.2) is 49.1 Å². The van der Waals surface area contributed by atoms with E-state index < -0.39 is 0 Å². The van der Waals surface area contributed by atoms with Crippen molar-refractivity contribution in [3.05, 3.63) is 63.6 Å². The van der Waals surface area contributed by atoms with Crippen LogP contribution >= 0.6 is 23.2 Å². The number of nitrogens with zero attached hydrogens (tertiary/aromatic N) is 3. The van der Waals surface area contributed by atoms with Gasteiger partial charge in [-0.25, -0.2) is 0 Å². The first-order valence-corrected chi connectivity index (χ1v) is 9.67. The molecule has 132 valence electrons. The van der Waals surface area contributed by atoms with Gasteiger partial charge in [-0.2, -0.15) is 0 Å². The van der Waals surface area contributed by atoms with Crippen LogP contribution in [0, 0.1) is 0 Å². The molecule has 3 nitrogen and oxygen atoms in total. The minimum Gasteiger partial charge on any atom is -0.368 e. The van der Waals surface area contributed by atoms with Gasteiger partial charge in [0.05, 0.1) is 15.7 Å². The van der Waals surface area contributed by atoms with E-state index >= 15 is 0 Å². The van der Waals surface area contributed by atoms with Gasteiger partial charge in [-0.15, -0.1) is 0 Å². The predicted molar refractivity (Wildman–Crippen MR) is 106 cm³/mol. The van der Waals surface area contributed by atoms with Crippen LogP contribution in [0.15, 0.2) is 42.5 Å². The lowest BCUT2D eigenvalue weighted by atomic mass is 10.1. The molecule has 1 saturated heterocycles. The number of anilines is 1. The average molecular weight is 376 g/mol. The lowest BCUT2D eigenvalue weighted by Crippen LogP contribution is -2.48. The summed E-state index contributed by atoms with van der Waals surface area (Å²) in [5.74, 6) is 0. The fourth-order valence-electron chi connectivity index (χ4n) is 3.79. The van der Waals surface area contributed by atoms with Crippen molar-refractivity contribution >= 4 is 28.9 Å². The van der Waals surface area contributed by atoms with Gasteiger partial charge in [0.15, 0.2) is 0 Å². The molecular weight excluding hydrogens is 353 g/mol. The summed E-state index contributed by atoms with van der Waals surface area (Å²) < 4.78 is 0. The highest BCUT2D eigenvalue weighted by Gasteiger charge is 2.22. The lowest BCUT2D eigenvalue weighted by molar-refractivity contribution is 0.197. The van der Waals surface area contributed by atoms with E-state index in [9.17, 15) is 0 Å². The predicted octanol–water partition coefficient (Wildman–Crippen LogP) is 4.13. The Balaban J connectivity index is 1.27. The zero-order valence-corrected chi connectivity index (χ0v) is 15.8. The molecular formula is C20H23Cl2N3. The van der Waals surface area contributed by atoms with Crippen molar-refractivity contribution in [1.82, 2.24) is 9.80 Å². The van der Waals surface area contributed by atoms with Gasteiger partial charge in [0.2, 0.25) is 0 Å². The molecule has 0 aromatic heterocycles. The van der Waals surface area contributed by atoms with Crippen molar-refractivity contribution in [1.29, 1.82) is 0 Å². The summed E-state index contributed by atoms with van der Waals surface area (Å²) in [7, 11) is 0. The third kappa shape index (κ3) is 3.80. The van der Waals surface area contributed by atoms with Crippen molar-refractivity contribution in [3.63, 3.8) is 0 Å². The molecule has 0 unspecified atom stereocenters. The quantitative estimate of drug-likeness (QED) is 0.795. The van der Waals surface area contributed by atoms with E-state index in [1.807, 2.05) is 12.1 Å². The maximum absolute atomic E-state index is 6.36. The first-order chi connectivity index (χ1) is 12.2. The second kappa shape index (κ2) is 7.55. The molecule has 2 aliphatic rings. The maximum Gasteiger partial charge on any atom is 0.0825 e. The van der Waals surface area contributed by atoms with E-state index in [0.29, 0.717) is 10.0 Å². The van der Waals surface area contributed by atoms with Crippen molar-refractivity contribution < 1.29 is 0 Å². The van der Waals surface area contributed by atoms with Crippen molar-refractivity contribution in [3.8, 4) is 0 Å². The Labute approximate surface area is 159 Å². The number of piperazine rings is 1. The van der Waals surface area contributed by atoms with Gasteiger partial charge in [-0.1, -0.05) is 53.5 Å². The Morgan fingerprint density at radius 1 is 0.720 bits per heavy atom. The SMILES string of the molecule is Clc1cccc(N2CCN(CCN3Cc4ccccc4C3)CC2)c1Cl. The molecule has 2 aromatic carbocycles. The van der Waals surface area contributed by atoms with Gasteiger partial charge < -0.3 is 4.90 Å². The van der Waals surface area contributed by atoms with Gasteiger partial charge in [-0.05, 0) is 23.3 Å². The first kappa shape index (κ1) is 17.2. The molecule has 0 spiro atoms. The third-order valence-electron chi connectivity index (χ3n) is 5.28. The monoisotopic (exact) mass is 375 g/mol. The fourth-order valence-corrected chi connectivity index (χ4v) is 4.21. The number of benzene rings is 2. The topological polar surface area (TPSA) is 9.72 Å². The van der Waals surface area contributed by atoms with E-state index in [2.05, 4.69) is 45.0 Å².